The maximum atomic E-state index is 12.7. The monoisotopic (exact) mass is 458 g/mol. The molecular formula is C27H30N4O3. The minimum Gasteiger partial charge on any atom is -0.376 e. The van der Waals surface area contributed by atoms with Crippen molar-refractivity contribution in [2.45, 2.75) is 26.8 Å². The van der Waals surface area contributed by atoms with E-state index in [4.69, 9.17) is 0 Å². The van der Waals surface area contributed by atoms with E-state index >= 15 is 0 Å². The van der Waals surface area contributed by atoms with Crippen LogP contribution in [0.5, 0.6) is 0 Å². The molecule has 0 radical (unpaired) electrons. The highest BCUT2D eigenvalue weighted by Gasteiger charge is 2.13. The maximum absolute atomic E-state index is 12.7. The standard InChI is InChI=1S/C27H30N4O3/c1-3-15-28-26(33)21-7-6-8-22(16-21)29-18-25(32)31-24-10-5-4-9-23(24)27(34)30-17-20-13-11-19(2)12-14-20/h4-14,16,29H,3,15,17-18H2,1-2H3,(H,28,33)(H,30,34)(H,31,32). The van der Waals surface area contributed by atoms with Crippen molar-refractivity contribution in [2.24, 2.45) is 0 Å². The van der Waals surface area contributed by atoms with E-state index in [2.05, 4.69) is 21.3 Å². The van der Waals surface area contributed by atoms with Crippen molar-refractivity contribution in [2.75, 3.05) is 23.7 Å². The summed E-state index contributed by atoms with van der Waals surface area (Å²) in [7, 11) is 0. The number of carbonyl (C=O) groups is 3. The van der Waals surface area contributed by atoms with Gasteiger partial charge in [-0.15, -0.1) is 0 Å². The first-order valence-electron chi connectivity index (χ1n) is 11.3. The first-order valence-corrected chi connectivity index (χ1v) is 11.3. The van der Waals surface area contributed by atoms with Gasteiger partial charge in [0.05, 0.1) is 17.8 Å². The zero-order chi connectivity index (χ0) is 24.3. The Balaban J connectivity index is 1.57. The van der Waals surface area contributed by atoms with E-state index in [1.165, 1.54) is 0 Å². The van der Waals surface area contributed by atoms with E-state index in [0.29, 0.717) is 35.6 Å². The molecule has 0 aliphatic rings. The SMILES string of the molecule is CCCNC(=O)c1cccc(NCC(=O)Nc2ccccc2C(=O)NCc2ccc(C)cc2)c1. The summed E-state index contributed by atoms with van der Waals surface area (Å²) in [6.45, 7) is 4.99. The van der Waals surface area contributed by atoms with Crippen LogP contribution in [0, 0.1) is 6.92 Å². The summed E-state index contributed by atoms with van der Waals surface area (Å²) in [5, 5.41) is 11.5. The molecule has 0 saturated heterocycles. The first-order chi connectivity index (χ1) is 16.5. The topological polar surface area (TPSA) is 99.3 Å². The zero-order valence-corrected chi connectivity index (χ0v) is 19.5. The number of rotatable bonds is 10. The van der Waals surface area contributed by atoms with Crippen molar-refractivity contribution in [1.29, 1.82) is 0 Å². The highest BCUT2D eigenvalue weighted by Crippen LogP contribution is 2.16. The quantitative estimate of drug-likeness (QED) is 0.367. The van der Waals surface area contributed by atoms with Crippen LogP contribution in [0.1, 0.15) is 45.2 Å². The van der Waals surface area contributed by atoms with Gasteiger partial charge in [-0.1, -0.05) is 55.0 Å². The van der Waals surface area contributed by atoms with E-state index in [-0.39, 0.29) is 24.3 Å². The van der Waals surface area contributed by atoms with Gasteiger partial charge in [-0.3, -0.25) is 14.4 Å². The van der Waals surface area contributed by atoms with Crippen LogP contribution in [0.3, 0.4) is 0 Å². The zero-order valence-electron chi connectivity index (χ0n) is 19.5. The Labute approximate surface area is 200 Å². The van der Waals surface area contributed by atoms with Gasteiger partial charge in [0.1, 0.15) is 0 Å². The maximum Gasteiger partial charge on any atom is 0.253 e. The van der Waals surface area contributed by atoms with Crippen molar-refractivity contribution in [1.82, 2.24) is 10.6 Å². The van der Waals surface area contributed by atoms with E-state index < -0.39 is 0 Å². The Bertz CT molecular complexity index is 1140. The summed E-state index contributed by atoms with van der Waals surface area (Å²) >= 11 is 0. The van der Waals surface area contributed by atoms with Crippen LogP contribution in [0.2, 0.25) is 0 Å². The van der Waals surface area contributed by atoms with E-state index in [1.807, 2.05) is 38.1 Å². The largest absolute Gasteiger partial charge is 0.376 e. The molecule has 3 aromatic carbocycles. The lowest BCUT2D eigenvalue weighted by Gasteiger charge is -2.13. The Hall–Kier alpha value is -4.13. The minimum atomic E-state index is -0.306. The fourth-order valence-corrected chi connectivity index (χ4v) is 3.26. The number of nitrogens with one attached hydrogen (secondary N) is 4. The second-order valence-electron chi connectivity index (χ2n) is 7.95. The molecule has 0 unspecified atom stereocenters. The molecule has 0 aliphatic heterocycles. The van der Waals surface area contributed by atoms with Crippen LogP contribution in [0.4, 0.5) is 11.4 Å². The number of para-hydroxylation sites is 1. The molecule has 34 heavy (non-hydrogen) atoms. The summed E-state index contributed by atoms with van der Waals surface area (Å²) in [5.74, 6) is -0.727. The van der Waals surface area contributed by atoms with E-state index in [0.717, 1.165) is 17.5 Å². The Morgan fingerprint density at radius 3 is 2.35 bits per heavy atom. The molecule has 3 rings (SSSR count). The number of carbonyl (C=O) groups excluding carboxylic acids is 3. The van der Waals surface area contributed by atoms with Crippen LogP contribution < -0.4 is 21.3 Å². The van der Waals surface area contributed by atoms with Gasteiger partial charge in [-0.25, -0.2) is 0 Å². The lowest BCUT2D eigenvalue weighted by Crippen LogP contribution is -2.27. The van der Waals surface area contributed by atoms with E-state index in [9.17, 15) is 14.4 Å². The molecule has 0 fully saturated rings. The number of amides is 3. The van der Waals surface area contributed by atoms with Gasteiger partial charge in [-0.05, 0) is 49.2 Å². The molecule has 0 aromatic heterocycles. The Morgan fingerprint density at radius 2 is 1.59 bits per heavy atom. The smallest absolute Gasteiger partial charge is 0.253 e. The van der Waals surface area contributed by atoms with Crippen molar-refractivity contribution >= 4 is 29.1 Å². The van der Waals surface area contributed by atoms with Gasteiger partial charge in [0, 0.05) is 24.3 Å². The van der Waals surface area contributed by atoms with Crippen LogP contribution in [0.25, 0.3) is 0 Å². The average Bonchev–Trinajstić information content (AvgIpc) is 2.86. The lowest BCUT2D eigenvalue weighted by molar-refractivity contribution is -0.114. The van der Waals surface area contributed by atoms with Crippen molar-refractivity contribution in [3.63, 3.8) is 0 Å². The predicted octanol–water partition coefficient (Wildman–Crippen LogP) is 4.12. The highest BCUT2D eigenvalue weighted by molar-refractivity contribution is 6.04. The second-order valence-corrected chi connectivity index (χ2v) is 7.95. The first kappa shape index (κ1) is 24.5. The fraction of sp³-hybridized carbons (Fsp3) is 0.222. The van der Waals surface area contributed by atoms with E-state index in [1.54, 1.807) is 48.5 Å². The van der Waals surface area contributed by atoms with Crippen molar-refractivity contribution in [3.05, 3.63) is 95.1 Å². The molecule has 7 nitrogen and oxygen atoms in total. The molecule has 0 spiro atoms. The number of benzene rings is 3. The average molecular weight is 459 g/mol. The van der Waals surface area contributed by atoms with Gasteiger partial charge in [-0.2, -0.15) is 0 Å². The second kappa shape index (κ2) is 12.2. The van der Waals surface area contributed by atoms with Gasteiger partial charge in [0.15, 0.2) is 0 Å². The van der Waals surface area contributed by atoms with Gasteiger partial charge in [0.2, 0.25) is 5.91 Å². The van der Waals surface area contributed by atoms with Gasteiger partial charge < -0.3 is 21.3 Å². The number of hydrogen-bond acceptors (Lipinski definition) is 4. The third kappa shape index (κ3) is 7.20. The summed E-state index contributed by atoms with van der Waals surface area (Å²) in [6, 6.07) is 21.8. The summed E-state index contributed by atoms with van der Waals surface area (Å²) in [4.78, 5) is 37.4. The Kier molecular flexibility index (Phi) is 8.80. The molecule has 4 N–H and O–H groups in total. The molecular weight excluding hydrogens is 428 g/mol. The number of hydrogen-bond donors (Lipinski definition) is 4. The summed E-state index contributed by atoms with van der Waals surface area (Å²) < 4.78 is 0. The molecule has 0 bridgehead atoms. The minimum absolute atomic E-state index is 0.0145. The molecule has 7 heteroatoms. The highest BCUT2D eigenvalue weighted by atomic mass is 16.2. The summed E-state index contributed by atoms with van der Waals surface area (Å²) in [5.41, 5.74) is 4.15. The van der Waals surface area contributed by atoms with Crippen LogP contribution in [-0.2, 0) is 11.3 Å². The number of aryl methyl sites for hydroxylation is 1. The molecule has 3 amide bonds. The summed E-state index contributed by atoms with van der Waals surface area (Å²) in [6.07, 6.45) is 0.856. The van der Waals surface area contributed by atoms with Gasteiger partial charge >= 0.3 is 0 Å². The molecule has 0 aliphatic carbocycles. The molecule has 176 valence electrons. The molecule has 0 saturated carbocycles. The third-order valence-electron chi connectivity index (χ3n) is 5.13. The Morgan fingerprint density at radius 1 is 0.824 bits per heavy atom. The molecule has 0 atom stereocenters. The van der Waals surface area contributed by atoms with Gasteiger partial charge in [0.25, 0.3) is 11.8 Å². The molecule has 3 aromatic rings. The van der Waals surface area contributed by atoms with Crippen molar-refractivity contribution < 1.29 is 14.4 Å². The van der Waals surface area contributed by atoms with Crippen LogP contribution in [0.15, 0.2) is 72.8 Å². The lowest BCUT2D eigenvalue weighted by atomic mass is 10.1. The van der Waals surface area contributed by atoms with Crippen LogP contribution in [-0.4, -0.2) is 30.8 Å². The molecule has 0 heterocycles. The van der Waals surface area contributed by atoms with Crippen LogP contribution >= 0.6 is 0 Å². The normalized spacial score (nSPS) is 10.3. The van der Waals surface area contributed by atoms with Crippen molar-refractivity contribution in [3.8, 4) is 0 Å². The predicted molar refractivity (Wildman–Crippen MR) is 135 cm³/mol. The third-order valence-corrected chi connectivity index (χ3v) is 5.13. The number of anilines is 2. The fourth-order valence-electron chi connectivity index (χ4n) is 3.26.